The van der Waals surface area contributed by atoms with Crippen molar-refractivity contribution in [2.45, 2.75) is 26.3 Å². The molecule has 0 saturated heterocycles. The number of hydrogen-bond acceptors (Lipinski definition) is 1. The molecule has 0 aliphatic carbocycles. The SMILES string of the molecule is CCc1ccc(NC(=O)C[n+]2ccc(Cc3ccccc3)cc2)cc1. The highest BCUT2D eigenvalue weighted by molar-refractivity contribution is 5.89. The van der Waals surface area contributed by atoms with Gasteiger partial charge >= 0.3 is 0 Å². The average molecular weight is 331 g/mol. The minimum Gasteiger partial charge on any atom is -0.321 e. The molecule has 1 amide bonds. The van der Waals surface area contributed by atoms with Gasteiger partial charge in [0.25, 0.3) is 5.91 Å². The van der Waals surface area contributed by atoms with Crippen molar-refractivity contribution < 1.29 is 9.36 Å². The van der Waals surface area contributed by atoms with Crippen LogP contribution in [0.5, 0.6) is 0 Å². The van der Waals surface area contributed by atoms with Gasteiger partial charge in [0, 0.05) is 17.8 Å². The molecule has 25 heavy (non-hydrogen) atoms. The Balaban J connectivity index is 1.56. The number of anilines is 1. The Morgan fingerprint density at radius 1 is 0.840 bits per heavy atom. The van der Waals surface area contributed by atoms with Crippen molar-refractivity contribution in [1.29, 1.82) is 0 Å². The van der Waals surface area contributed by atoms with E-state index >= 15 is 0 Å². The molecule has 1 heterocycles. The lowest BCUT2D eigenvalue weighted by Crippen LogP contribution is -2.39. The first-order valence-corrected chi connectivity index (χ1v) is 8.63. The number of amides is 1. The lowest BCUT2D eigenvalue weighted by Gasteiger charge is -2.05. The second-order valence-corrected chi connectivity index (χ2v) is 6.14. The number of carbonyl (C=O) groups is 1. The molecular weight excluding hydrogens is 308 g/mol. The summed E-state index contributed by atoms with van der Waals surface area (Å²) in [7, 11) is 0. The van der Waals surface area contributed by atoms with Gasteiger partial charge in [-0.2, -0.15) is 4.57 Å². The van der Waals surface area contributed by atoms with Crippen LogP contribution in [0.2, 0.25) is 0 Å². The predicted octanol–water partition coefficient (Wildman–Crippen LogP) is 3.77. The lowest BCUT2D eigenvalue weighted by atomic mass is 10.1. The number of hydrogen-bond donors (Lipinski definition) is 1. The van der Waals surface area contributed by atoms with E-state index in [4.69, 9.17) is 0 Å². The molecule has 0 saturated carbocycles. The fourth-order valence-electron chi connectivity index (χ4n) is 2.73. The molecule has 0 aliphatic rings. The van der Waals surface area contributed by atoms with Crippen molar-refractivity contribution in [3.05, 3.63) is 95.8 Å². The van der Waals surface area contributed by atoms with Crippen molar-refractivity contribution in [3.8, 4) is 0 Å². The van der Waals surface area contributed by atoms with Crippen LogP contribution in [0.1, 0.15) is 23.6 Å². The zero-order valence-corrected chi connectivity index (χ0v) is 14.5. The van der Waals surface area contributed by atoms with Crippen molar-refractivity contribution >= 4 is 11.6 Å². The molecule has 3 rings (SSSR count). The van der Waals surface area contributed by atoms with E-state index in [2.05, 4.69) is 48.6 Å². The quantitative estimate of drug-likeness (QED) is 0.685. The summed E-state index contributed by atoms with van der Waals surface area (Å²) in [6, 6.07) is 22.5. The van der Waals surface area contributed by atoms with Gasteiger partial charge in [-0.3, -0.25) is 4.79 Å². The number of benzene rings is 2. The molecule has 1 N–H and O–H groups in total. The van der Waals surface area contributed by atoms with E-state index in [0.29, 0.717) is 6.54 Å². The first kappa shape index (κ1) is 16.9. The first-order valence-electron chi connectivity index (χ1n) is 8.63. The number of rotatable bonds is 6. The monoisotopic (exact) mass is 331 g/mol. The second kappa shape index (κ2) is 8.25. The summed E-state index contributed by atoms with van der Waals surface area (Å²) in [5.74, 6) is -0.0231. The third kappa shape index (κ3) is 5.01. The molecule has 3 nitrogen and oxygen atoms in total. The van der Waals surface area contributed by atoms with E-state index in [0.717, 1.165) is 18.5 Å². The van der Waals surface area contributed by atoms with Crippen LogP contribution >= 0.6 is 0 Å². The van der Waals surface area contributed by atoms with Gasteiger partial charge < -0.3 is 5.32 Å². The maximum absolute atomic E-state index is 12.2. The molecule has 3 aromatic rings. The van der Waals surface area contributed by atoms with Crippen LogP contribution in [0.15, 0.2) is 79.1 Å². The first-order chi connectivity index (χ1) is 12.2. The number of pyridine rings is 1. The van der Waals surface area contributed by atoms with E-state index < -0.39 is 0 Å². The fraction of sp³-hybridized carbons (Fsp3) is 0.182. The molecule has 0 unspecified atom stereocenters. The van der Waals surface area contributed by atoms with Crippen molar-refractivity contribution in [2.75, 3.05) is 5.32 Å². The third-order valence-corrected chi connectivity index (χ3v) is 4.18. The van der Waals surface area contributed by atoms with Gasteiger partial charge in [-0.25, -0.2) is 0 Å². The van der Waals surface area contributed by atoms with Gasteiger partial charge in [0.2, 0.25) is 6.54 Å². The summed E-state index contributed by atoms with van der Waals surface area (Å²) in [5.41, 5.74) is 4.62. The van der Waals surface area contributed by atoms with Crippen molar-refractivity contribution in [2.24, 2.45) is 0 Å². The highest BCUT2D eigenvalue weighted by Crippen LogP contribution is 2.10. The molecule has 3 heteroatoms. The topological polar surface area (TPSA) is 33.0 Å². The Morgan fingerprint density at radius 2 is 1.48 bits per heavy atom. The van der Waals surface area contributed by atoms with Gasteiger partial charge in [0.1, 0.15) is 0 Å². The molecule has 0 fully saturated rings. The van der Waals surface area contributed by atoms with E-state index in [-0.39, 0.29) is 5.91 Å². The van der Waals surface area contributed by atoms with Gasteiger partial charge in [0.05, 0.1) is 0 Å². The van der Waals surface area contributed by atoms with Crippen molar-refractivity contribution in [3.63, 3.8) is 0 Å². The summed E-state index contributed by atoms with van der Waals surface area (Å²) in [6.45, 7) is 2.42. The van der Waals surface area contributed by atoms with Crippen LogP contribution < -0.4 is 9.88 Å². The molecule has 0 radical (unpaired) electrons. The van der Waals surface area contributed by atoms with E-state index in [9.17, 15) is 4.79 Å². The number of nitrogens with one attached hydrogen (secondary N) is 1. The number of nitrogens with zero attached hydrogens (tertiary/aromatic N) is 1. The number of aryl methyl sites for hydroxylation is 1. The molecular formula is C22H23N2O+. The Morgan fingerprint density at radius 3 is 2.12 bits per heavy atom. The lowest BCUT2D eigenvalue weighted by molar-refractivity contribution is -0.684. The van der Waals surface area contributed by atoms with E-state index in [1.165, 1.54) is 16.7 Å². The normalized spacial score (nSPS) is 10.4. The molecule has 2 aromatic carbocycles. The van der Waals surface area contributed by atoms with Crippen LogP contribution in [0.25, 0.3) is 0 Å². The average Bonchev–Trinajstić information content (AvgIpc) is 2.65. The second-order valence-electron chi connectivity index (χ2n) is 6.14. The molecule has 1 aromatic heterocycles. The minimum atomic E-state index is -0.0231. The summed E-state index contributed by atoms with van der Waals surface area (Å²) in [6.07, 6.45) is 5.81. The smallest absolute Gasteiger partial charge is 0.290 e. The number of carbonyl (C=O) groups excluding carboxylic acids is 1. The van der Waals surface area contributed by atoms with Gasteiger partial charge in [-0.15, -0.1) is 0 Å². The minimum absolute atomic E-state index is 0.0231. The highest BCUT2D eigenvalue weighted by atomic mass is 16.1. The van der Waals surface area contributed by atoms with Crippen LogP contribution in [0, 0.1) is 0 Å². The molecule has 0 spiro atoms. The van der Waals surface area contributed by atoms with E-state index in [1.807, 2.05) is 47.3 Å². The van der Waals surface area contributed by atoms with Crippen LogP contribution in [0.3, 0.4) is 0 Å². The molecule has 0 bridgehead atoms. The molecule has 0 aliphatic heterocycles. The van der Waals surface area contributed by atoms with E-state index in [1.54, 1.807) is 0 Å². The Kier molecular flexibility index (Phi) is 5.57. The van der Waals surface area contributed by atoms with Gasteiger partial charge in [0.15, 0.2) is 12.4 Å². The van der Waals surface area contributed by atoms with Gasteiger partial charge in [-0.05, 0) is 41.7 Å². The summed E-state index contributed by atoms with van der Waals surface area (Å²) in [4.78, 5) is 12.2. The largest absolute Gasteiger partial charge is 0.321 e. The van der Waals surface area contributed by atoms with Crippen LogP contribution in [-0.2, 0) is 24.2 Å². The van der Waals surface area contributed by atoms with Gasteiger partial charge in [-0.1, -0.05) is 49.4 Å². The summed E-state index contributed by atoms with van der Waals surface area (Å²) < 4.78 is 1.89. The maximum atomic E-state index is 12.2. The van der Waals surface area contributed by atoms with Crippen molar-refractivity contribution in [1.82, 2.24) is 0 Å². The summed E-state index contributed by atoms with van der Waals surface area (Å²) in [5, 5.41) is 2.94. The molecule has 0 atom stereocenters. The van der Waals surface area contributed by atoms with Crippen LogP contribution in [-0.4, -0.2) is 5.91 Å². The maximum Gasteiger partial charge on any atom is 0.290 e. The number of aromatic nitrogens is 1. The Labute approximate surface area is 149 Å². The zero-order valence-electron chi connectivity index (χ0n) is 14.5. The fourth-order valence-corrected chi connectivity index (χ4v) is 2.73. The Bertz CT molecular complexity index is 809. The highest BCUT2D eigenvalue weighted by Gasteiger charge is 2.09. The molecule has 126 valence electrons. The standard InChI is InChI=1S/C22H22N2O/c1-2-18-8-10-21(11-9-18)23-22(25)17-24-14-12-20(13-15-24)16-19-6-4-3-5-7-19/h3-15H,2,16-17H2,1H3/p+1. The predicted molar refractivity (Wildman–Crippen MR) is 100 cm³/mol. The Hall–Kier alpha value is -2.94. The third-order valence-electron chi connectivity index (χ3n) is 4.18. The van der Waals surface area contributed by atoms with Crippen LogP contribution in [0.4, 0.5) is 5.69 Å². The zero-order chi connectivity index (χ0) is 17.5. The summed E-state index contributed by atoms with van der Waals surface area (Å²) >= 11 is 0.